The van der Waals surface area contributed by atoms with Crippen LogP contribution in [0.1, 0.15) is 46.7 Å². The minimum Gasteiger partial charge on any atom is -0.466 e. The molecular weight excluding hydrogens is 311 g/mol. The Kier molecular flexibility index (Phi) is 4.13. The number of aryl methyl sites for hydroxylation is 2. The number of amides is 2. The Bertz CT molecular complexity index is 793. The summed E-state index contributed by atoms with van der Waals surface area (Å²) in [6.45, 7) is 3.43. The van der Waals surface area contributed by atoms with Crippen LogP contribution in [0.2, 0.25) is 0 Å². The highest BCUT2D eigenvalue weighted by Crippen LogP contribution is 2.44. The minimum absolute atomic E-state index is 0.328. The molecule has 1 fully saturated rings. The van der Waals surface area contributed by atoms with Crippen molar-refractivity contribution < 1.29 is 18.4 Å². The summed E-state index contributed by atoms with van der Waals surface area (Å²) in [5.74, 6) is -0.0287. The van der Waals surface area contributed by atoms with Crippen molar-refractivity contribution in [3.05, 3.63) is 58.8 Å². The summed E-state index contributed by atoms with van der Waals surface area (Å²) < 4.78 is 18.8. The van der Waals surface area contributed by atoms with E-state index in [1.54, 1.807) is 32.0 Å². The molecule has 5 nitrogen and oxygen atoms in total. The fraction of sp³-hybridized carbons (Fsp3) is 0.333. The van der Waals surface area contributed by atoms with Gasteiger partial charge in [0.15, 0.2) is 0 Å². The third-order valence-electron chi connectivity index (χ3n) is 4.59. The molecule has 126 valence electrons. The number of carbonyl (C=O) groups excluding carboxylic acids is 2. The second kappa shape index (κ2) is 6.11. The molecule has 24 heavy (non-hydrogen) atoms. The number of furan rings is 1. The summed E-state index contributed by atoms with van der Waals surface area (Å²) in [4.78, 5) is 24.8. The Balaban J connectivity index is 1.72. The minimum atomic E-state index is -0.781. The largest absolute Gasteiger partial charge is 0.466 e. The lowest BCUT2D eigenvalue weighted by Gasteiger charge is -2.40. The number of hydrazine groups is 1. The number of rotatable bonds is 3. The van der Waals surface area contributed by atoms with Crippen LogP contribution >= 0.6 is 0 Å². The molecule has 1 aromatic heterocycles. The molecule has 2 N–H and O–H groups in total. The summed E-state index contributed by atoms with van der Waals surface area (Å²) in [6, 6.07) is 7.67. The molecule has 1 aromatic carbocycles. The molecule has 1 saturated carbocycles. The van der Waals surface area contributed by atoms with E-state index < -0.39 is 11.3 Å². The van der Waals surface area contributed by atoms with E-state index in [0.29, 0.717) is 35.5 Å². The van der Waals surface area contributed by atoms with E-state index in [4.69, 9.17) is 4.42 Å². The zero-order valence-electron chi connectivity index (χ0n) is 13.6. The Labute approximate surface area is 139 Å². The second-order valence-electron chi connectivity index (χ2n) is 6.18. The highest BCUT2D eigenvalue weighted by atomic mass is 19.1. The molecule has 0 saturated heterocycles. The van der Waals surface area contributed by atoms with E-state index in [1.807, 2.05) is 0 Å². The van der Waals surface area contributed by atoms with Crippen LogP contribution in [-0.4, -0.2) is 11.8 Å². The Morgan fingerprint density at radius 1 is 1.17 bits per heavy atom. The first-order valence-electron chi connectivity index (χ1n) is 7.86. The molecule has 0 bridgehead atoms. The van der Waals surface area contributed by atoms with E-state index >= 15 is 0 Å². The normalized spacial score (nSPS) is 15.5. The van der Waals surface area contributed by atoms with E-state index in [1.165, 1.54) is 12.1 Å². The maximum absolute atomic E-state index is 13.5. The third-order valence-corrected chi connectivity index (χ3v) is 4.59. The van der Waals surface area contributed by atoms with Gasteiger partial charge in [-0.1, -0.05) is 18.6 Å². The summed E-state index contributed by atoms with van der Waals surface area (Å²) in [7, 11) is 0. The van der Waals surface area contributed by atoms with Crippen LogP contribution in [0.3, 0.4) is 0 Å². The first kappa shape index (κ1) is 16.2. The molecule has 6 heteroatoms. The van der Waals surface area contributed by atoms with Crippen molar-refractivity contribution in [3.63, 3.8) is 0 Å². The van der Waals surface area contributed by atoms with Gasteiger partial charge in [-0.05, 0) is 50.5 Å². The molecular formula is C18H19FN2O3. The van der Waals surface area contributed by atoms with Crippen LogP contribution in [0.4, 0.5) is 4.39 Å². The van der Waals surface area contributed by atoms with Crippen LogP contribution in [-0.2, 0) is 10.2 Å². The van der Waals surface area contributed by atoms with Crippen molar-refractivity contribution in [3.8, 4) is 0 Å². The SMILES string of the molecule is Cc1cc(C(=O)NNC(=O)C2(c3cccc(F)c3)CCC2)c(C)o1. The zero-order valence-corrected chi connectivity index (χ0v) is 13.6. The van der Waals surface area contributed by atoms with Crippen LogP contribution in [0.15, 0.2) is 34.7 Å². The highest BCUT2D eigenvalue weighted by Gasteiger charge is 2.46. The first-order valence-corrected chi connectivity index (χ1v) is 7.86. The molecule has 1 aliphatic rings. The standard InChI is InChI=1S/C18H19FN2O3/c1-11-9-15(12(2)24-11)16(22)20-21-17(23)18(7-4-8-18)13-5-3-6-14(19)10-13/h3,5-6,9-10H,4,7-8H2,1-2H3,(H,20,22)(H,21,23). The number of nitrogens with one attached hydrogen (secondary N) is 2. The smallest absolute Gasteiger partial charge is 0.273 e. The van der Waals surface area contributed by atoms with Gasteiger partial charge in [0.1, 0.15) is 17.3 Å². The van der Waals surface area contributed by atoms with Gasteiger partial charge in [-0.25, -0.2) is 4.39 Å². The summed E-state index contributed by atoms with van der Waals surface area (Å²) in [6.07, 6.45) is 2.14. The maximum atomic E-state index is 13.5. The molecule has 0 atom stereocenters. The summed E-state index contributed by atoms with van der Waals surface area (Å²) >= 11 is 0. The van der Waals surface area contributed by atoms with Gasteiger partial charge in [-0.3, -0.25) is 20.4 Å². The van der Waals surface area contributed by atoms with Crippen LogP contribution in [0.25, 0.3) is 0 Å². The Hall–Kier alpha value is -2.63. The zero-order chi connectivity index (χ0) is 17.3. The van der Waals surface area contributed by atoms with Crippen molar-refractivity contribution in [2.45, 2.75) is 38.5 Å². The van der Waals surface area contributed by atoms with Gasteiger partial charge in [0.2, 0.25) is 5.91 Å². The lowest BCUT2D eigenvalue weighted by molar-refractivity contribution is -0.130. The average molecular weight is 330 g/mol. The van der Waals surface area contributed by atoms with E-state index in [0.717, 1.165) is 6.42 Å². The topological polar surface area (TPSA) is 71.3 Å². The van der Waals surface area contributed by atoms with E-state index in [2.05, 4.69) is 10.9 Å². The van der Waals surface area contributed by atoms with Gasteiger partial charge in [0, 0.05) is 0 Å². The fourth-order valence-electron chi connectivity index (χ4n) is 3.12. The highest BCUT2D eigenvalue weighted by molar-refractivity contribution is 5.97. The average Bonchev–Trinajstić information content (AvgIpc) is 2.82. The number of benzene rings is 1. The fourth-order valence-corrected chi connectivity index (χ4v) is 3.12. The quantitative estimate of drug-likeness (QED) is 0.850. The Morgan fingerprint density at radius 2 is 1.92 bits per heavy atom. The van der Waals surface area contributed by atoms with Crippen LogP contribution < -0.4 is 10.9 Å². The van der Waals surface area contributed by atoms with Gasteiger partial charge in [0.25, 0.3) is 5.91 Å². The number of hydrogen-bond acceptors (Lipinski definition) is 3. The summed E-state index contributed by atoms with van der Waals surface area (Å²) in [5, 5.41) is 0. The van der Waals surface area contributed by atoms with Crippen molar-refractivity contribution in [1.82, 2.24) is 10.9 Å². The maximum Gasteiger partial charge on any atom is 0.273 e. The predicted molar refractivity (Wildman–Crippen MR) is 85.7 cm³/mol. The number of halogens is 1. The molecule has 1 heterocycles. The summed E-state index contributed by atoms with van der Waals surface area (Å²) in [5.41, 5.74) is 5.12. The molecule has 1 aliphatic carbocycles. The first-order chi connectivity index (χ1) is 11.4. The van der Waals surface area contributed by atoms with Gasteiger partial charge >= 0.3 is 0 Å². The van der Waals surface area contributed by atoms with Crippen LogP contribution in [0.5, 0.6) is 0 Å². The lowest BCUT2D eigenvalue weighted by Crippen LogP contribution is -2.54. The van der Waals surface area contributed by atoms with Crippen LogP contribution in [0, 0.1) is 19.7 Å². The van der Waals surface area contributed by atoms with Gasteiger partial charge in [-0.15, -0.1) is 0 Å². The molecule has 2 amide bonds. The molecule has 2 aromatic rings. The third kappa shape index (κ3) is 2.79. The molecule has 0 unspecified atom stereocenters. The molecule has 3 rings (SSSR count). The van der Waals surface area contributed by atoms with E-state index in [-0.39, 0.29) is 11.7 Å². The van der Waals surface area contributed by atoms with E-state index in [9.17, 15) is 14.0 Å². The van der Waals surface area contributed by atoms with Crippen molar-refractivity contribution in [1.29, 1.82) is 0 Å². The van der Waals surface area contributed by atoms with Gasteiger partial charge in [-0.2, -0.15) is 0 Å². The monoisotopic (exact) mass is 330 g/mol. The van der Waals surface area contributed by atoms with Crippen molar-refractivity contribution in [2.75, 3.05) is 0 Å². The van der Waals surface area contributed by atoms with Crippen molar-refractivity contribution in [2.24, 2.45) is 0 Å². The number of hydrogen-bond donors (Lipinski definition) is 2. The van der Waals surface area contributed by atoms with Gasteiger partial charge < -0.3 is 4.42 Å². The molecule has 0 radical (unpaired) electrons. The van der Waals surface area contributed by atoms with Gasteiger partial charge in [0.05, 0.1) is 11.0 Å². The second-order valence-corrected chi connectivity index (χ2v) is 6.18. The lowest BCUT2D eigenvalue weighted by atomic mass is 9.64. The predicted octanol–water partition coefficient (Wildman–Crippen LogP) is 2.92. The number of carbonyl (C=O) groups is 2. The Morgan fingerprint density at radius 3 is 2.46 bits per heavy atom. The molecule has 0 spiro atoms. The van der Waals surface area contributed by atoms with Crippen molar-refractivity contribution >= 4 is 11.8 Å². The molecule has 0 aliphatic heterocycles.